The summed E-state index contributed by atoms with van der Waals surface area (Å²) in [6, 6.07) is 9.66. The molecule has 0 saturated carbocycles. The van der Waals surface area contributed by atoms with Crippen LogP contribution in [-0.4, -0.2) is 88.3 Å². The fourth-order valence-corrected chi connectivity index (χ4v) is 7.33. The summed E-state index contributed by atoms with van der Waals surface area (Å²) in [7, 11) is -0.976. The van der Waals surface area contributed by atoms with Gasteiger partial charge >= 0.3 is 18.0 Å². The molecule has 49 heavy (non-hydrogen) atoms. The summed E-state index contributed by atoms with van der Waals surface area (Å²) in [6.45, 7) is 17.4. The van der Waals surface area contributed by atoms with E-state index >= 15 is 0 Å². The van der Waals surface area contributed by atoms with Crippen molar-refractivity contribution in [2.75, 3.05) is 32.0 Å². The number of nitrogens with zero attached hydrogens (tertiary/aromatic N) is 2. The molecule has 2 aromatic rings. The number of rotatable bonds is 11. The van der Waals surface area contributed by atoms with Crippen LogP contribution in [0.3, 0.4) is 0 Å². The second-order valence-electron chi connectivity index (χ2n) is 15.4. The van der Waals surface area contributed by atoms with Gasteiger partial charge in [-0.25, -0.2) is 9.59 Å². The first-order valence-corrected chi connectivity index (χ1v) is 19.4. The quantitative estimate of drug-likeness (QED) is 0.0554. The molecule has 2 saturated heterocycles. The third-order valence-electron chi connectivity index (χ3n) is 9.89. The van der Waals surface area contributed by atoms with E-state index in [0.29, 0.717) is 17.8 Å². The van der Waals surface area contributed by atoms with Crippen LogP contribution in [0.25, 0.3) is 0 Å². The van der Waals surface area contributed by atoms with Gasteiger partial charge in [0.2, 0.25) is 0 Å². The average Bonchev–Trinajstić information content (AvgIpc) is 3.47. The first kappa shape index (κ1) is 36.3. The number of aldehydes is 1. The van der Waals surface area contributed by atoms with Crippen molar-refractivity contribution in [2.24, 2.45) is 0 Å². The Hall–Kier alpha value is -3.94. The number of benzene rings is 2. The molecule has 1 unspecified atom stereocenters. The number of carbonyl (C=O) groups excluding carboxylic acids is 4. The number of hydrogen-bond acceptors (Lipinski definition) is 11. The Morgan fingerprint density at radius 1 is 1.04 bits per heavy atom. The van der Waals surface area contributed by atoms with Crippen LogP contribution in [-0.2, 0) is 40.2 Å². The van der Waals surface area contributed by atoms with Crippen LogP contribution < -0.4 is 14.4 Å². The lowest BCUT2D eigenvalue weighted by atomic mass is 9.76. The van der Waals surface area contributed by atoms with Gasteiger partial charge in [0.15, 0.2) is 19.8 Å². The van der Waals surface area contributed by atoms with E-state index < -0.39 is 49.4 Å². The Morgan fingerprint density at radius 3 is 2.29 bits per heavy atom. The summed E-state index contributed by atoms with van der Waals surface area (Å²) in [5, 5.41) is -0.0717. The number of anilines is 1. The fraction of sp³-hybridized carbons (Fsp3) is 0.556. The highest BCUT2D eigenvalue weighted by Crippen LogP contribution is 2.61. The predicted octanol–water partition coefficient (Wildman–Crippen LogP) is 5.60. The average molecular weight is 697 g/mol. The Morgan fingerprint density at radius 2 is 1.71 bits per heavy atom. The Labute approximate surface area is 289 Å². The number of ether oxygens (including phenoxy) is 5. The Balaban J connectivity index is 1.65. The molecule has 266 valence electrons. The van der Waals surface area contributed by atoms with Crippen LogP contribution in [0.1, 0.15) is 70.0 Å². The zero-order chi connectivity index (χ0) is 36.1. The summed E-state index contributed by atoms with van der Waals surface area (Å²) in [6.07, 6.45) is 0.345. The van der Waals surface area contributed by atoms with Crippen molar-refractivity contribution in [3.63, 3.8) is 0 Å². The summed E-state index contributed by atoms with van der Waals surface area (Å²) in [5.41, 5.74) is -0.452. The normalized spacial score (nSPS) is 22.5. The number of methoxy groups -OCH3 is 1. The molecule has 12 nitrogen and oxygen atoms in total. The zero-order valence-corrected chi connectivity index (χ0v) is 31.1. The predicted molar refractivity (Wildman–Crippen MR) is 183 cm³/mol. The van der Waals surface area contributed by atoms with Crippen molar-refractivity contribution >= 4 is 38.3 Å². The van der Waals surface area contributed by atoms with E-state index in [2.05, 4.69) is 33.9 Å². The lowest BCUT2D eigenvalue weighted by molar-refractivity contribution is -0.132. The standard InChI is InChI=1S/C36H48N2O10Si/c1-22(40)47-29-24(32(41)43-8)16-25-27(30(29)45-18-23-14-12-11-13-15-23)36(19-39,20-44-21-46-49(9,10)35(5,6)7)31-28-26(17-37(25)31)38(28)33(42)48-34(2,3)4/h11-16,19,26,28,31H,17-18,20-21H2,1-10H3/t26-,28-,31?,36-,38?/m0/s1. The number of piperazine rings is 1. The number of esters is 2. The molecule has 5 rings (SSSR count). The zero-order valence-electron chi connectivity index (χ0n) is 30.1. The molecular formula is C36H48N2O10Si. The van der Waals surface area contributed by atoms with E-state index in [1.54, 1.807) is 31.7 Å². The van der Waals surface area contributed by atoms with Crippen LogP contribution >= 0.6 is 0 Å². The minimum absolute atomic E-state index is 0.0355. The van der Waals surface area contributed by atoms with Gasteiger partial charge in [-0.05, 0) is 50.5 Å². The van der Waals surface area contributed by atoms with E-state index in [1.165, 1.54) is 14.0 Å². The van der Waals surface area contributed by atoms with Crippen LogP contribution in [0.5, 0.6) is 11.5 Å². The molecule has 3 heterocycles. The molecule has 3 aliphatic rings. The lowest BCUT2D eigenvalue weighted by Gasteiger charge is -2.37. The van der Waals surface area contributed by atoms with Crippen molar-refractivity contribution in [1.29, 1.82) is 0 Å². The van der Waals surface area contributed by atoms with Gasteiger partial charge in [-0.15, -0.1) is 0 Å². The molecule has 0 radical (unpaired) electrons. The maximum atomic E-state index is 13.8. The highest BCUT2D eigenvalue weighted by molar-refractivity contribution is 6.74. The summed E-state index contributed by atoms with van der Waals surface area (Å²) < 4.78 is 35.5. The van der Waals surface area contributed by atoms with Crippen molar-refractivity contribution in [1.82, 2.24) is 4.90 Å². The maximum Gasteiger partial charge on any atom is 0.411 e. The van der Waals surface area contributed by atoms with Crippen molar-refractivity contribution in [3.05, 3.63) is 53.1 Å². The molecule has 3 aliphatic heterocycles. The van der Waals surface area contributed by atoms with Crippen molar-refractivity contribution < 1.29 is 47.3 Å². The van der Waals surface area contributed by atoms with Gasteiger partial charge in [0, 0.05) is 24.7 Å². The highest BCUT2D eigenvalue weighted by atomic mass is 28.4. The molecule has 0 aromatic heterocycles. The molecule has 0 spiro atoms. The second-order valence-corrected chi connectivity index (χ2v) is 20.2. The largest absolute Gasteiger partial charge is 0.485 e. The molecule has 4 atom stereocenters. The van der Waals surface area contributed by atoms with Crippen LogP contribution in [0, 0.1) is 0 Å². The second kappa shape index (κ2) is 13.1. The van der Waals surface area contributed by atoms with Crippen LogP contribution in [0.15, 0.2) is 36.4 Å². The molecule has 0 N–H and O–H groups in total. The number of hydrogen-bond donors (Lipinski definition) is 0. The van der Waals surface area contributed by atoms with Gasteiger partial charge in [-0.2, -0.15) is 0 Å². The van der Waals surface area contributed by atoms with E-state index in [1.807, 2.05) is 35.2 Å². The van der Waals surface area contributed by atoms with Gasteiger partial charge in [0.1, 0.15) is 36.3 Å². The summed E-state index contributed by atoms with van der Waals surface area (Å²) in [4.78, 5) is 56.5. The third kappa shape index (κ3) is 6.80. The SMILES string of the molecule is COC(=O)c1cc2c(c(OCc3ccccc3)c1OC(C)=O)[C@](C=O)(COCO[Si](C)(C)C(C)(C)C)C1[C@@H]3[C@H](CN21)N3C(=O)OC(C)(C)C. The maximum absolute atomic E-state index is 13.8. The van der Waals surface area contributed by atoms with Gasteiger partial charge in [0.25, 0.3) is 0 Å². The first-order chi connectivity index (χ1) is 22.9. The molecule has 0 aliphatic carbocycles. The third-order valence-corrected chi connectivity index (χ3v) is 14.3. The minimum Gasteiger partial charge on any atom is -0.485 e. The highest BCUT2D eigenvalue weighted by Gasteiger charge is 2.72. The Bertz CT molecular complexity index is 1620. The summed E-state index contributed by atoms with van der Waals surface area (Å²) in [5.74, 6) is -1.55. The van der Waals surface area contributed by atoms with Gasteiger partial charge in [-0.3, -0.25) is 9.69 Å². The molecule has 0 bridgehead atoms. The number of fused-ring (bicyclic) bond motifs is 5. The fourth-order valence-electron chi connectivity index (χ4n) is 6.52. The summed E-state index contributed by atoms with van der Waals surface area (Å²) >= 11 is 0. The molecule has 1 amide bonds. The number of carbonyl (C=O) groups is 4. The molecule has 2 fully saturated rings. The van der Waals surface area contributed by atoms with Crippen LogP contribution in [0.2, 0.25) is 18.1 Å². The molecular weight excluding hydrogens is 648 g/mol. The lowest BCUT2D eigenvalue weighted by Crippen LogP contribution is -2.52. The Kier molecular flexibility index (Phi) is 9.69. The van der Waals surface area contributed by atoms with Gasteiger partial charge < -0.3 is 37.8 Å². The van der Waals surface area contributed by atoms with E-state index in [-0.39, 0.29) is 48.1 Å². The van der Waals surface area contributed by atoms with Gasteiger partial charge in [0.05, 0.1) is 31.8 Å². The van der Waals surface area contributed by atoms with Crippen molar-refractivity contribution in [2.45, 2.75) is 102 Å². The van der Waals surface area contributed by atoms with Crippen LogP contribution in [0.4, 0.5) is 10.5 Å². The van der Waals surface area contributed by atoms with Crippen molar-refractivity contribution in [3.8, 4) is 11.5 Å². The smallest absolute Gasteiger partial charge is 0.411 e. The number of amides is 1. The first-order valence-electron chi connectivity index (χ1n) is 16.5. The molecule has 2 aromatic carbocycles. The van der Waals surface area contributed by atoms with E-state index in [9.17, 15) is 19.2 Å². The monoisotopic (exact) mass is 696 g/mol. The van der Waals surface area contributed by atoms with E-state index in [0.717, 1.165) is 11.8 Å². The van der Waals surface area contributed by atoms with Gasteiger partial charge in [-0.1, -0.05) is 51.1 Å². The minimum atomic E-state index is -2.21. The topological polar surface area (TPSA) is 130 Å². The van der Waals surface area contributed by atoms with E-state index in [4.69, 9.17) is 28.1 Å². The molecule has 13 heteroatoms.